The summed E-state index contributed by atoms with van der Waals surface area (Å²) in [7, 11) is 0. The number of nitrogens with zero attached hydrogens (tertiary/aromatic N) is 1. The number of carbonyl (C=O) groups is 3. The molecule has 2 fully saturated rings. The van der Waals surface area contributed by atoms with E-state index < -0.39 is 11.9 Å². The lowest BCUT2D eigenvalue weighted by molar-refractivity contribution is 0.0691. The molecule has 2 aromatic heterocycles. The molecule has 3 aliphatic rings. The van der Waals surface area contributed by atoms with Crippen LogP contribution in [0.25, 0.3) is 21.6 Å². The Kier molecular flexibility index (Phi) is 7.39. The highest BCUT2D eigenvalue weighted by molar-refractivity contribution is 7.13. The molecule has 0 spiro atoms. The first kappa shape index (κ1) is 28.2. The van der Waals surface area contributed by atoms with Crippen molar-refractivity contribution in [1.82, 2.24) is 10.3 Å². The van der Waals surface area contributed by atoms with Crippen LogP contribution < -0.4 is 21.1 Å². The van der Waals surface area contributed by atoms with Crippen LogP contribution in [0.15, 0.2) is 60.0 Å². The van der Waals surface area contributed by atoms with E-state index in [0.29, 0.717) is 48.4 Å². The predicted molar refractivity (Wildman–Crippen MR) is 168 cm³/mol. The Bertz CT molecular complexity index is 1780. The summed E-state index contributed by atoms with van der Waals surface area (Å²) in [4.78, 5) is 45.0. The Morgan fingerprint density at radius 1 is 0.977 bits per heavy atom. The van der Waals surface area contributed by atoms with Gasteiger partial charge in [-0.1, -0.05) is 18.6 Å². The van der Waals surface area contributed by atoms with Crippen molar-refractivity contribution in [2.45, 2.75) is 44.7 Å². The summed E-state index contributed by atoms with van der Waals surface area (Å²) < 4.78 is 6.12. The monoisotopic (exact) mass is 608 g/mol. The number of ether oxygens (including phenoxy) is 1. The third kappa shape index (κ3) is 5.24. The molecule has 1 aliphatic heterocycles. The molecule has 2 aromatic carbocycles. The molecule has 2 aliphatic carbocycles. The molecule has 2 saturated carbocycles. The number of carbonyl (C=O) groups excluding carboxylic acids is 2. The second-order valence-electron chi connectivity index (χ2n) is 11.8. The number of hydrogen-bond acceptors (Lipinski definition) is 7. The topological polar surface area (TPSA) is 144 Å². The lowest BCUT2D eigenvalue weighted by Gasteiger charge is -2.23. The van der Waals surface area contributed by atoms with Crippen LogP contribution in [0.3, 0.4) is 0 Å². The summed E-state index contributed by atoms with van der Waals surface area (Å²) in [6.07, 6.45) is 5.12. The normalized spacial score (nSPS) is 19.8. The zero-order valence-corrected chi connectivity index (χ0v) is 24.8. The zero-order chi connectivity index (χ0) is 30.4. The van der Waals surface area contributed by atoms with Gasteiger partial charge >= 0.3 is 5.97 Å². The summed E-state index contributed by atoms with van der Waals surface area (Å²) in [5.41, 5.74) is 9.70. The number of nitrogens with one attached hydrogen (secondary N) is 2. The first-order valence-corrected chi connectivity index (χ1v) is 15.8. The summed E-state index contributed by atoms with van der Waals surface area (Å²) >= 11 is 1.57. The van der Waals surface area contributed by atoms with Crippen molar-refractivity contribution < 1.29 is 24.2 Å². The molecule has 0 radical (unpaired) electrons. The number of aromatic nitrogens is 1. The fraction of sp³-hybridized carbons (Fsp3) is 0.294. The Labute approximate surface area is 258 Å². The van der Waals surface area contributed by atoms with Gasteiger partial charge in [0.25, 0.3) is 11.8 Å². The van der Waals surface area contributed by atoms with Crippen LogP contribution >= 0.6 is 11.3 Å². The molecule has 2 amide bonds. The Morgan fingerprint density at radius 2 is 1.82 bits per heavy atom. The van der Waals surface area contributed by atoms with Gasteiger partial charge in [-0.3, -0.25) is 9.59 Å². The van der Waals surface area contributed by atoms with Crippen molar-refractivity contribution >= 4 is 34.8 Å². The maximum atomic E-state index is 13.9. The number of nitrogens with two attached hydrogens (primary N) is 1. The Hall–Kier alpha value is -4.54. The minimum Gasteiger partial charge on any atom is -0.493 e. The molecular formula is C34H32N4O5S. The number of hydrogen-bond donors (Lipinski definition) is 4. The van der Waals surface area contributed by atoms with Crippen LogP contribution in [0.2, 0.25) is 0 Å². The second-order valence-corrected chi connectivity index (χ2v) is 12.7. The Morgan fingerprint density at radius 3 is 2.55 bits per heavy atom. The van der Waals surface area contributed by atoms with Gasteiger partial charge in [0.1, 0.15) is 11.4 Å². The van der Waals surface area contributed by atoms with E-state index in [2.05, 4.69) is 21.7 Å². The van der Waals surface area contributed by atoms with Gasteiger partial charge < -0.3 is 26.2 Å². The molecule has 0 saturated heterocycles. The van der Waals surface area contributed by atoms with Crippen molar-refractivity contribution in [3.05, 3.63) is 88.1 Å². The van der Waals surface area contributed by atoms with Crippen LogP contribution in [0, 0.1) is 11.8 Å². The smallest absolute Gasteiger partial charge is 0.355 e. The van der Waals surface area contributed by atoms with E-state index in [9.17, 15) is 19.5 Å². The minimum atomic E-state index is -1.30. The number of fused-ring (bicyclic) bond motifs is 5. The molecule has 9 nitrogen and oxygen atoms in total. The van der Waals surface area contributed by atoms with Crippen molar-refractivity contribution in [1.29, 1.82) is 0 Å². The lowest BCUT2D eigenvalue weighted by atomic mass is 9.93. The number of thiophene rings is 1. The van der Waals surface area contributed by atoms with Crippen LogP contribution in [-0.4, -0.2) is 40.5 Å². The highest BCUT2D eigenvalue weighted by Crippen LogP contribution is 2.45. The SMILES string of the molecule is NCc1ccc(NC(=O)c2cc3c(cc2-c2ccc(C(=O)NC4CC5CCC4C5)nc2C(=O)O)OCCc2ccsc2-3)cc1. The molecule has 44 heavy (non-hydrogen) atoms. The van der Waals surface area contributed by atoms with Gasteiger partial charge in [0.05, 0.1) is 6.61 Å². The number of rotatable bonds is 7. The van der Waals surface area contributed by atoms with E-state index in [1.54, 1.807) is 41.7 Å². The van der Waals surface area contributed by atoms with Crippen molar-refractivity contribution in [2.24, 2.45) is 17.6 Å². The molecular weight excluding hydrogens is 576 g/mol. The van der Waals surface area contributed by atoms with Gasteiger partial charge in [-0.25, -0.2) is 9.78 Å². The molecule has 3 unspecified atom stereocenters. The van der Waals surface area contributed by atoms with E-state index >= 15 is 0 Å². The van der Waals surface area contributed by atoms with Crippen LogP contribution in [0.4, 0.5) is 5.69 Å². The second kappa shape index (κ2) is 11.5. The van der Waals surface area contributed by atoms with E-state index in [1.807, 2.05) is 17.5 Å². The molecule has 224 valence electrons. The molecule has 7 rings (SSSR count). The molecule has 2 bridgehead atoms. The number of anilines is 1. The van der Waals surface area contributed by atoms with Crippen LogP contribution in [0.5, 0.6) is 5.75 Å². The van der Waals surface area contributed by atoms with Gasteiger partial charge in [-0.15, -0.1) is 11.3 Å². The largest absolute Gasteiger partial charge is 0.493 e. The predicted octanol–water partition coefficient (Wildman–Crippen LogP) is 5.74. The molecule has 10 heteroatoms. The van der Waals surface area contributed by atoms with E-state index in [4.69, 9.17) is 10.5 Å². The Balaban J connectivity index is 1.29. The minimum absolute atomic E-state index is 0.0363. The number of carboxylic acid groups (broad SMARTS) is 1. The first-order chi connectivity index (χ1) is 21.4. The molecule has 3 atom stereocenters. The third-order valence-electron chi connectivity index (χ3n) is 9.11. The van der Waals surface area contributed by atoms with Crippen molar-refractivity contribution in [2.75, 3.05) is 11.9 Å². The maximum Gasteiger partial charge on any atom is 0.355 e. The van der Waals surface area contributed by atoms with Gasteiger partial charge in [0, 0.05) is 51.8 Å². The lowest BCUT2D eigenvalue weighted by Crippen LogP contribution is -2.39. The molecule has 5 N–H and O–H groups in total. The van der Waals surface area contributed by atoms with Crippen LogP contribution in [-0.2, 0) is 13.0 Å². The average molecular weight is 609 g/mol. The van der Waals surface area contributed by atoms with Gasteiger partial charge in [-0.05, 0) is 90.1 Å². The number of benzene rings is 2. The summed E-state index contributed by atoms with van der Waals surface area (Å²) in [6, 6.07) is 15.9. The average Bonchev–Trinajstić information content (AvgIpc) is 3.77. The van der Waals surface area contributed by atoms with E-state index in [-0.39, 0.29) is 34.5 Å². The van der Waals surface area contributed by atoms with Gasteiger partial charge in [0.2, 0.25) is 0 Å². The zero-order valence-electron chi connectivity index (χ0n) is 24.0. The first-order valence-electron chi connectivity index (χ1n) is 14.9. The van der Waals surface area contributed by atoms with E-state index in [0.717, 1.165) is 40.8 Å². The fourth-order valence-electron chi connectivity index (χ4n) is 6.88. The van der Waals surface area contributed by atoms with Crippen molar-refractivity contribution in [3.8, 4) is 27.3 Å². The summed E-state index contributed by atoms with van der Waals surface area (Å²) in [5, 5.41) is 18.3. The standard InChI is InChI=1S/C34H32N4O5S/c35-17-18-2-5-22(6-3-18)36-32(39)25-15-26-29(43-11-9-20-10-12-44-31(20)26)16-24(25)23-7-8-27(37-30(23)34(41)42)33(40)38-28-14-19-1-4-21(28)13-19/h2-3,5-8,10,12,15-16,19,21,28H,1,4,9,11,13-14,17,35H2,(H,36,39)(H,38,40)(H,41,42). The number of carboxylic acids is 1. The third-order valence-corrected chi connectivity index (χ3v) is 10.1. The number of pyridine rings is 1. The van der Waals surface area contributed by atoms with Gasteiger partial charge in [0.15, 0.2) is 5.69 Å². The quantitative estimate of drug-likeness (QED) is 0.209. The van der Waals surface area contributed by atoms with Gasteiger partial charge in [-0.2, -0.15) is 0 Å². The summed E-state index contributed by atoms with van der Waals surface area (Å²) in [6.45, 7) is 0.828. The van der Waals surface area contributed by atoms with Crippen molar-refractivity contribution in [3.63, 3.8) is 0 Å². The van der Waals surface area contributed by atoms with E-state index in [1.165, 1.54) is 12.5 Å². The number of amides is 2. The molecule has 3 heterocycles. The highest BCUT2D eigenvalue weighted by Gasteiger charge is 2.40. The number of aromatic carboxylic acids is 1. The highest BCUT2D eigenvalue weighted by atomic mass is 32.1. The van der Waals surface area contributed by atoms with Crippen LogP contribution in [0.1, 0.15) is 68.1 Å². The summed E-state index contributed by atoms with van der Waals surface area (Å²) in [5.74, 6) is -0.419. The molecule has 4 aromatic rings. The maximum absolute atomic E-state index is 13.9. The fourth-order valence-corrected chi connectivity index (χ4v) is 7.86.